The number of aliphatic hydroxyl groups excluding tert-OH is 2. The van der Waals surface area contributed by atoms with Crippen molar-refractivity contribution in [3.63, 3.8) is 0 Å². The van der Waals surface area contributed by atoms with Crippen LogP contribution in [0.15, 0.2) is 0 Å². The standard InChI is InChI=1S/C26H42O3/c1-15-9-13-29-20-19(15)23(4)11-12-26-14-25(26)10-8-18(27)22(2,3)16(25)6-7-17(26)24(23,5)21(20)28/h15-21,27-28H,6-14H2,1-5H3/t15-,16+,17?,18+,19+,20?,21+,23-,24-,25-,26?/m1/s1. The second-order valence-corrected chi connectivity index (χ2v) is 13.3. The van der Waals surface area contributed by atoms with E-state index in [0.29, 0.717) is 34.5 Å². The van der Waals surface area contributed by atoms with Gasteiger partial charge in [0.25, 0.3) is 0 Å². The van der Waals surface area contributed by atoms with Crippen LogP contribution in [0.1, 0.15) is 86.0 Å². The first-order chi connectivity index (χ1) is 13.6. The van der Waals surface area contributed by atoms with Crippen LogP contribution in [-0.4, -0.2) is 35.1 Å². The Morgan fingerprint density at radius 3 is 2.28 bits per heavy atom. The number of rotatable bonds is 0. The molecule has 1 aliphatic heterocycles. The zero-order valence-electron chi connectivity index (χ0n) is 19.2. The van der Waals surface area contributed by atoms with Crippen molar-refractivity contribution >= 4 is 0 Å². The van der Waals surface area contributed by atoms with E-state index in [0.717, 1.165) is 19.4 Å². The summed E-state index contributed by atoms with van der Waals surface area (Å²) < 4.78 is 6.30. The number of ether oxygens (including phenoxy) is 1. The molecule has 2 N–H and O–H groups in total. The van der Waals surface area contributed by atoms with Crippen molar-refractivity contribution in [1.82, 2.24) is 0 Å². The average molecular weight is 403 g/mol. The van der Waals surface area contributed by atoms with Crippen LogP contribution < -0.4 is 0 Å². The quantitative estimate of drug-likeness (QED) is 0.612. The van der Waals surface area contributed by atoms with Gasteiger partial charge in [-0.05, 0) is 96.7 Å². The molecule has 5 saturated carbocycles. The molecule has 2 spiro atoms. The highest BCUT2D eigenvalue weighted by molar-refractivity contribution is 5.32. The summed E-state index contributed by atoms with van der Waals surface area (Å²) in [5.41, 5.74) is 1.04. The molecule has 0 amide bonds. The molecule has 1 saturated heterocycles. The van der Waals surface area contributed by atoms with E-state index in [1.165, 1.54) is 38.5 Å². The Labute approximate surface area is 177 Å². The Kier molecular flexibility index (Phi) is 3.67. The van der Waals surface area contributed by atoms with Crippen molar-refractivity contribution in [2.45, 2.75) is 104 Å². The third kappa shape index (κ3) is 1.87. The smallest absolute Gasteiger partial charge is 0.0875 e. The molecule has 29 heavy (non-hydrogen) atoms. The van der Waals surface area contributed by atoms with Crippen LogP contribution in [0.4, 0.5) is 0 Å². The molecule has 0 aromatic rings. The topological polar surface area (TPSA) is 49.7 Å². The minimum absolute atomic E-state index is 0.0339. The van der Waals surface area contributed by atoms with Crippen molar-refractivity contribution in [3.05, 3.63) is 0 Å². The minimum Gasteiger partial charge on any atom is -0.393 e. The molecule has 11 atom stereocenters. The molecule has 164 valence electrons. The first-order valence-corrected chi connectivity index (χ1v) is 12.5. The van der Waals surface area contributed by atoms with Gasteiger partial charge in [-0.2, -0.15) is 0 Å². The van der Waals surface area contributed by atoms with E-state index in [1.54, 1.807) is 0 Å². The van der Waals surface area contributed by atoms with Crippen LogP contribution in [0, 0.1) is 50.7 Å². The van der Waals surface area contributed by atoms with E-state index in [1.807, 2.05) is 0 Å². The summed E-state index contributed by atoms with van der Waals surface area (Å²) in [5.74, 6) is 2.43. The monoisotopic (exact) mass is 402 g/mol. The lowest BCUT2D eigenvalue weighted by atomic mass is 9.41. The summed E-state index contributed by atoms with van der Waals surface area (Å²) >= 11 is 0. The molecular weight excluding hydrogens is 360 g/mol. The number of hydrogen-bond donors (Lipinski definition) is 2. The maximum absolute atomic E-state index is 11.8. The Morgan fingerprint density at radius 1 is 0.828 bits per heavy atom. The van der Waals surface area contributed by atoms with Crippen LogP contribution in [0.25, 0.3) is 0 Å². The predicted octanol–water partition coefficient (Wildman–Crippen LogP) is 4.79. The van der Waals surface area contributed by atoms with Gasteiger partial charge in [0, 0.05) is 12.0 Å². The minimum atomic E-state index is -0.321. The zero-order chi connectivity index (χ0) is 20.6. The molecule has 3 unspecified atom stereocenters. The van der Waals surface area contributed by atoms with Crippen molar-refractivity contribution in [2.24, 2.45) is 50.7 Å². The molecule has 1 heterocycles. The lowest BCUT2D eigenvalue weighted by molar-refractivity contribution is -0.182. The molecule has 0 aromatic heterocycles. The van der Waals surface area contributed by atoms with Gasteiger partial charge in [0.05, 0.1) is 18.3 Å². The van der Waals surface area contributed by atoms with E-state index in [2.05, 4.69) is 34.6 Å². The predicted molar refractivity (Wildman–Crippen MR) is 113 cm³/mol. The van der Waals surface area contributed by atoms with Crippen LogP contribution in [-0.2, 0) is 4.74 Å². The molecule has 3 nitrogen and oxygen atoms in total. The van der Waals surface area contributed by atoms with Gasteiger partial charge in [0.15, 0.2) is 0 Å². The highest BCUT2D eigenvalue weighted by atomic mass is 16.5. The SMILES string of the molecule is C[C@@H]1CCOC2[C@H]1[C@@]1(C)CCC34C[C@@]35CC[C@H](O)C(C)(C)[C@@H]5CCC4[C@]1(C)[C@H]2O. The Bertz CT molecular complexity index is 733. The van der Waals surface area contributed by atoms with Gasteiger partial charge in [-0.3, -0.25) is 0 Å². The summed E-state index contributed by atoms with van der Waals surface area (Å²) in [6, 6.07) is 0. The maximum Gasteiger partial charge on any atom is 0.0875 e. The van der Waals surface area contributed by atoms with Gasteiger partial charge in [-0.25, -0.2) is 0 Å². The molecular formula is C26H42O3. The fraction of sp³-hybridized carbons (Fsp3) is 1.00. The summed E-state index contributed by atoms with van der Waals surface area (Å²) in [4.78, 5) is 0. The van der Waals surface area contributed by atoms with Crippen molar-refractivity contribution < 1.29 is 14.9 Å². The fourth-order valence-electron chi connectivity index (χ4n) is 11.2. The molecule has 3 heteroatoms. The Morgan fingerprint density at radius 2 is 1.52 bits per heavy atom. The lowest BCUT2D eigenvalue weighted by Gasteiger charge is -2.63. The summed E-state index contributed by atoms with van der Waals surface area (Å²) in [6.45, 7) is 12.9. The summed E-state index contributed by atoms with van der Waals surface area (Å²) in [7, 11) is 0. The largest absolute Gasteiger partial charge is 0.393 e. The third-order valence-corrected chi connectivity index (χ3v) is 12.8. The third-order valence-electron chi connectivity index (χ3n) is 12.8. The second kappa shape index (κ2) is 5.44. The van der Waals surface area contributed by atoms with Crippen molar-refractivity contribution in [2.75, 3.05) is 6.61 Å². The van der Waals surface area contributed by atoms with Gasteiger partial charge in [-0.1, -0.05) is 34.6 Å². The maximum atomic E-state index is 11.8. The number of hydrogen-bond acceptors (Lipinski definition) is 3. The van der Waals surface area contributed by atoms with Gasteiger partial charge >= 0.3 is 0 Å². The molecule has 0 aromatic carbocycles. The van der Waals surface area contributed by atoms with Crippen molar-refractivity contribution in [1.29, 1.82) is 0 Å². The van der Waals surface area contributed by atoms with Gasteiger partial charge in [0.2, 0.25) is 0 Å². The summed E-state index contributed by atoms with van der Waals surface area (Å²) in [5, 5.41) is 22.6. The Hall–Kier alpha value is -0.120. The highest BCUT2D eigenvalue weighted by Gasteiger charge is 2.84. The highest BCUT2D eigenvalue weighted by Crippen LogP contribution is 2.89. The molecule has 0 radical (unpaired) electrons. The van der Waals surface area contributed by atoms with Gasteiger partial charge in [-0.15, -0.1) is 0 Å². The number of fused-ring (bicyclic) bond motifs is 4. The first kappa shape index (κ1) is 19.6. The first-order valence-electron chi connectivity index (χ1n) is 12.5. The van der Waals surface area contributed by atoms with E-state index < -0.39 is 0 Å². The second-order valence-electron chi connectivity index (χ2n) is 13.3. The van der Waals surface area contributed by atoms with Crippen molar-refractivity contribution in [3.8, 4) is 0 Å². The van der Waals surface area contributed by atoms with Gasteiger partial charge < -0.3 is 14.9 Å². The van der Waals surface area contributed by atoms with Crippen LogP contribution in [0.5, 0.6) is 0 Å². The van der Waals surface area contributed by atoms with Crippen LogP contribution in [0.2, 0.25) is 0 Å². The Balaban J connectivity index is 1.43. The molecule has 6 aliphatic rings. The van der Waals surface area contributed by atoms with E-state index >= 15 is 0 Å². The van der Waals surface area contributed by atoms with Crippen LogP contribution >= 0.6 is 0 Å². The lowest BCUT2D eigenvalue weighted by Crippen LogP contribution is -2.59. The van der Waals surface area contributed by atoms with E-state index in [4.69, 9.17) is 4.74 Å². The molecule has 0 bridgehead atoms. The zero-order valence-corrected chi connectivity index (χ0v) is 19.2. The number of aliphatic hydroxyl groups is 2. The molecule has 5 aliphatic carbocycles. The fourth-order valence-corrected chi connectivity index (χ4v) is 11.2. The normalized spacial score (nSPS) is 64.9. The molecule has 6 rings (SSSR count). The summed E-state index contributed by atoms with van der Waals surface area (Å²) in [6.07, 6.45) is 9.33. The van der Waals surface area contributed by atoms with Crippen LogP contribution in [0.3, 0.4) is 0 Å². The van der Waals surface area contributed by atoms with E-state index in [9.17, 15) is 10.2 Å². The van der Waals surface area contributed by atoms with Gasteiger partial charge in [0.1, 0.15) is 0 Å². The van der Waals surface area contributed by atoms with E-state index in [-0.39, 0.29) is 34.6 Å². The molecule has 6 fully saturated rings. The average Bonchev–Trinajstić information content (AvgIpc) is 3.30.